The molecule has 0 saturated heterocycles. The molecule has 1 aromatic carbocycles. The molecule has 0 aromatic heterocycles. The summed E-state index contributed by atoms with van der Waals surface area (Å²) >= 11 is 6.91. The highest BCUT2D eigenvalue weighted by molar-refractivity contribution is 7.99. The molecular weight excluding hydrogens is 358 g/mol. The van der Waals surface area contributed by atoms with Gasteiger partial charge in [0.05, 0.1) is 24.3 Å². The Bertz CT molecular complexity index is 635. The molecule has 0 aliphatic carbocycles. The van der Waals surface area contributed by atoms with Gasteiger partial charge in [0.1, 0.15) is 6.04 Å². The quantitative estimate of drug-likeness (QED) is 0.592. The van der Waals surface area contributed by atoms with E-state index in [0.29, 0.717) is 29.3 Å². The van der Waals surface area contributed by atoms with Gasteiger partial charge in [0.25, 0.3) is 0 Å². The lowest BCUT2D eigenvalue weighted by Gasteiger charge is -2.24. The first-order chi connectivity index (χ1) is 12.0. The lowest BCUT2D eigenvalue weighted by Crippen LogP contribution is -2.46. The predicted molar refractivity (Wildman–Crippen MR) is 103 cm³/mol. The number of carbonyl (C=O) groups is 2. The van der Waals surface area contributed by atoms with Crippen LogP contribution in [0.3, 0.4) is 0 Å². The first-order valence-corrected chi connectivity index (χ1v) is 9.72. The predicted octanol–water partition coefficient (Wildman–Crippen LogP) is 3.11. The van der Waals surface area contributed by atoms with Gasteiger partial charge >= 0.3 is 11.9 Å². The summed E-state index contributed by atoms with van der Waals surface area (Å²) in [4.78, 5) is 25.1. The summed E-state index contributed by atoms with van der Waals surface area (Å²) in [6.07, 6.45) is 2.16. The second-order valence-electron chi connectivity index (χ2n) is 5.83. The second kappa shape index (κ2) is 9.77. The SMILES string of the molecule is COC(=O)C1NC(=S)CCCCOC(=O)c2ccccc2CSC1C. The maximum absolute atomic E-state index is 12.3. The van der Waals surface area contributed by atoms with Crippen LogP contribution < -0.4 is 5.32 Å². The Labute approximate surface area is 157 Å². The molecule has 7 heteroatoms. The number of carbonyl (C=O) groups excluding carboxylic acids is 2. The van der Waals surface area contributed by atoms with E-state index in [1.807, 2.05) is 25.1 Å². The number of fused-ring (bicyclic) bond motifs is 1. The van der Waals surface area contributed by atoms with Crippen LogP contribution in [0.5, 0.6) is 0 Å². The maximum atomic E-state index is 12.3. The van der Waals surface area contributed by atoms with E-state index >= 15 is 0 Å². The van der Waals surface area contributed by atoms with Crippen LogP contribution in [0.4, 0.5) is 0 Å². The van der Waals surface area contributed by atoms with Crippen LogP contribution in [0.25, 0.3) is 0 Å². The number of cyclic esters (lactones) is 1. The Morgan fingerprint density at radius 3 is 2.88 bits per heavy atom. The topological polar surface area (TPSA) is 64.6 Å². The van der Waals surface area contributed by atoms with Gasteiger partial charge in [-0.15, -0.1) is 0 Å². The van der Waals surface area contributed by atoms with E-state index in [1.54, 1.807) is 17.8 Å². The fourth-order valence-corrected chi connectivity index (χ4v) is 3.87. The lowest BCUT2D eigenvalue weighted by atomic mass is 10.1. The number of benzene rings is 1. The van der Waals surface area contributed by atoms with Gasteiger partial charge < -0.3 is 14.8 Å². The van der Waals surface area contributed by atoms with E-state index < -0.39 is 6.04 Å². The average Bonchev–Trinajstić information content (AvgIpc) is 2.62. The molecule has 2 rings (SSSR count). The summed E-state index contributed by atoms with van der Waals surface area (Å²) in [7, 11) is 1.38. The first kappa shape index (κ1) is 19.7. The van der Waals surface area contributed by atoms with Crippen molar-refractivity contribution in [1.29, 1.82) is 0 Å². The van der Waals surface area contributed by atoms with E-state index in [2.05, 4.69) is 5.32 Å². The first-order valence-electron chi connectivity index (χ1n) is 8.26. The number of esters is 2. The van der Waals surface area contributed by atoms with Crippen LogP contribution in [0.2, 0.25) is 0 Å². The third-order valence-electron chi connectivity index (χ3n) is 4.01. The number of hydrogen-bond acceptors (Lipinski definition) is 6. The summed E-state index contributed by atoms with van der Waals surface area (Å²) in [5.41, 5.74) is 1.48. The highest BCUT2D eigenvalue weighted by Crippen LogP contribution is 2.24. The number of nitrogens with one attached hydrogen (secondary N) is 1. The third-order valence-corrected chi connectivity index (χ3v) is 5.61. The number of thioether (sulfide) groups is 1. The fourth-order valence-electron chi connectivity index (χ4n) is 2.53. The number of methoxy groups -OCH3 is 1. The Morgan fingerprint density at radius 2 is 2.12 bits per heavy atom. The molecule has 1 aliphatic heterocycles. The molecule has 25 heavy (non-hydrogen) atoms. The third kappa shape index (κ3) is 5.71. The standard InChI is InChI=1S/C18H23NO4S2/c1-12-16(18(21)22-2)19-15(24)9-5-6-10-23-17(20)14-8-4-3-7-13(14)11-25-12/h3-4,7-8,12,16H,5-6,9-11H2,1-2H3,(H,19,24). The Balaban J connectivity index is 2.22. The molecule has 2 unspecified atom stereocenters. The largest absolute Gasteiger partial charge is 0.467 e. The zero-order valence-electron chi connectivity index (χ0n) is 14.4. The Morgan fingerprint density at radius 1 is 1.36 bits per heavy atom. The second-order valence-corrected chi connectivity index (χ2v) is 7.69. The average molecular weight is 382 g/mol. The molecule has 1 aliphatic rings. The summed E-state index contributed by atoms with van der Waals surface area (Å²) in [5.74, 6) is -0.0396. The van der Waals surface area contributed by atoms with Crippen LogP contribution in [-0.4, -0.2) is 41.9 Å². The summed E-state index contributed by atoms with van der Waals surface area (Å²) in [5, 5.41) is 3.06. The minimum absolute atomic E-state index is 0.0718. The molecule has 0 radical (unpaired) electrons. The van der Waals surface area contributed by atoms with Crippen molar-refractivity contribution in [3.63, 3.8) is 0 Å². The molecule has 1 heterocycles. The number of thiocarbonyl (C=S) groups is 1. The lowest BCUT2D eigenvalue weighted by molar-refractivity contribution is -0.142. The molecular formula is C18H23NO4S2. The van der Waals surface area contributed by atoms with Crippen LogP contribution in [0, 0.1) is 0 Å². The van der Waals surface area contributed by atoms with Crippen molar-refractivity contribution in [1.82, 2.24) is 5.32 Å². The van der Waals surface area contributed by atoms with Gasteiger partial charge in [0, 0.05) is 11.0 Å². The van der Waals surface area contributed by atoms with E-state index in [9.17, 15) is 9.59 Å². The molecule has 1 aromatic rings. The Hall–Kier alpha value is -1.60. The molecule has 0 amide bonds. The van der Waals surface area contributed by atoms with Gasteiger partial charge in [-0.05, 0) is 30.9 Å². The zero-order valence-corrected chi connectivity index (χ0v) is 16.1. The molecule has 0 spiro atoms. The monoisotopic (exact) mass is 381 g/mol. The number of ether oxygens (including phenoxy) is 2. The zero-order chi connectivity index (χ0) is 18.2. The van der Waals surface area contributed by atoms with Crippen LogP contribution in [0.15, 0.2) is 24.3 Å². The van der Waals surface area contributed by atoms with E-state index in [1.165, 1.54) is 7.11 Å². The van der Waals surface area contributed by atoms with Crippen molar-refractivity contribution in [2.75, 3.05) is 13.7 Å². The minimum Gasteiger partial charge on any atom is -0.467 e. The summed E-state index contributed by atoms with van der Waals surface area (Å²) in [6.45, 7) is 2.31. The van der Waals surface area contributed by atoms with Crippen molar-refractivity contribution in [3.8, 4) is 0 Å². The van der Waals surface area contributed by atoms with Crippen molar-refractivity contribution in [2.45, 2.75) is 43.2 Å². The van der Waals surface area contributed by atoms with Crippen LogP contribution in [-0.2, 0) is 20.0 Å². The number of hydrogen-bond donors (Lipinski definition) is 1. The van der Waals surface area contributed by atoms with Crippen molar-refractivity contribution in [2.24, 2.45) is 0 Å². The van der Waals surface area contributed by atoms with Crippen molar-refractivity contribution < 1.29 is 19.1 Å². The van der Waals surface area contributed by atoms with Gasteiger partial charge in [0.2, 0.25) is 0 Å². The van der Waals surface area contributed by atoms with Crippen molar-refractivity contribution in [3.05, 3.63) is 35.4 Å². The van der Waals surface area contributed by atoms with Crippen LogP contribution >= 0.6 is 24.0 Å². The fraction of sp³-hybridized carbons (Fsp3) is 0.500. The molecule has 0 saturated carbocycles. The summed E-state index contributed by atoms with van der Waals surface area (Å²) < 4.78 is 10.3. The number of rotatable bonds is 1. The Kier molecular flexibility index (Phi) is 7.71. The van der Waals surface area contributed by atoms with Gasteiger partial charge in [-0.2, -0.15) is 11.8 Å². The summed E-state index contributed by atoms with van der Waals surface area (Å²) in [6, 6.07) is 6.90. The van der Waals surface area contributed by atoms with E-state index in [0.717, 1.165) is 18.4 Å². The normalized spacial score (nSPS) is 22.8. The molecule has 0 bridgehead atoms. The molecule has 5 nitrogen and oxygen atoms in total. The van der Waals surface area contributed by atoms with E-state index in [4.69, 9.17) is 21.7 Å². The molecule has 1 N–H and O–H groups in total. The van der Waals surface area contributed by atoms with Gasteiger partial charge in [0.15, 0.2) is 0 Å². The highest BCUT2D eigenvalue weighted by atomic mass is 32.2. The van der Waals surface area contributed by atoms with Crippen LogP contribution in [0.1, 0.15) is 42.1 Å². The molecule has 0 fully saturated rings. The maximum Gasteiger partial charge on any atom is 0.338 e. The molecule has 2 atom stereocenters. The smallest absolute Gasteiger partial charge is 0.338 e. The minimum atomic E-state index is -0.510. The van der Waals surface area contributed by atoms with Crippen molar-refractivity contribution >= 4 is 40.9 Å². The van der Waals surface area contributed by atoms with Gasteiger partial charge in [-0.3, -0.25) is 0 Å². The highest BCUT2D eigenvalue weighted by Gasteiger charge is 2.27. The van der Waals surface area contributed by atoms with Gasteiger partial charge in [-0.25, -0.2) is 9.59 Å². The van der Waals surface area contributed by atoms with E-state index in [-0.39, 0.29) is 17.2 Å². The van der Waals surface area contributed by atoms with Gasteiger partial charge in [-0.1, -0.05) is 37.3 Å². The molecule has 136 valence electrons.